The van der Waals surface area contributed by atoms with Crippen molar-refractivity contribution in [1.29, 1.82) is 0 Å². The van der Waals surface area contributed by atoms with E-state index in [1.54, 1.807) is 0 Å². The Morgan fingerprint density at radius 3 is 2.40 bits per heavy atom. The van der Waals surface area contributed by atoms with Gasteiger partial charge in [-0.15, -0.1) is 0 Å². The number of benzene rings is 1. The molecular formula is C12H16O3. The van der Waals surface area contributed by atoms with Crippen LogP contribution in [0.4, 0.5) is 0 Å². The van der Waals surface area contributed by atoms with Crippen LogP contribution in [0.25, 0.3) is 0 Å². The number of carbonyl (C=O) groups is 1. The van der Waals surface area contributed by atoms with E-state index in [0.717, 1.165) is 16.7 Å². The summed E-state index contributed by atoms with van der Waals surface area (Å²) < 4.78 is 5.25. The highest BCUT2D eigenvalue weighted by Gasteiger charge is 2.12. The Labute approximate surface area is 89.7 Å². The molecule has 0 saturated carbocycles. The van der Waals surface area contributed by atoms with E-state index in [9.17, 15) is 4.79 Å². The first-order valence-corrected chi connectivity index (χ1v) is 4.92. The smallest absolute Gasteiger partial charge is 0.332 e. The number of hydrogen-bond donors (Lipinski definition) is 1. The van der Waals surface area contributed by atoms with Gasteiger partial charge in [-0.2, -0.15) is 0 Å². The lowest BCUT2D eigenvalue weighted by molar-refractivity contribution is -0.149. The minimum absolute atomic E-state index is 0.353. The van der Waals surface area contributed by atoms with Crippen LogP contribution in [-0.4, -0.2) is 17.2 Å². The van der Waals surface area contributed by atoms with E-state index in [-0.39, 0.29) is 0 Å². The normalized spacial score (nSPS) is 12.5. The predicted octanol–water partition coefficient (Wildman–Crippen LogP) is 2.29. The number of ether oxygens (including phenoxy) is 1. The molecule has 1 aromatic rings. The molecule has 0 aromatic heterocycles. The fourth-order valence-corrected chi connectivity index (χ4v) is 1.36. The van der Waals surface area contributed by atoms with Gasteiger partial charge in [0.1, 0.15) is 0 Å². The quantitative estimate of drug-likeness (QED) is 0.825. The zero-order valence-corrected chi connectivity index (χ0v) is 9.28. The van der Waals surface area contributed by atoms with Gasteiger partial charge in [0.25, 0.3) is 0 Å². The van der Waals surface area contributed by atoms with Crippen LogP contribution in [-0.2, 0) is 16.1 Å². The second-order valence-corrected chi connectivity index (χ2v) is 3.66. The Morgan fingerprint density at radius 2 is 1.93 bits per heavy atom. The Kier molecular flexibility index (Phi) is 3.86. The van der Waals surface area contributed by atoms with E-state index in [2.05, 4.69) is 0 Å². The van der Waals surface area contributed by atoms with Crippen molar-refractivity contribution in [2.45, 2.75) is 33.5 Å². The topological polar surface area (TPSA) is 46.5 Å². The van der Waals surface area contributed by atoms with Gasteiger partial charge < -0.3 is 9.84 Å². The molecule has 0 bridgehead atoms. The number of carboxylic acids is 1. The maximum Gasteiger partial charge on any atom is 0.332 e. The van der Waals surface area contributed by atoms with E-state index < -0.39 is 12.1 Å². The highest BCUT2D eigenvalue weighted by Crippen LogP contribution is 2.15. The van der Waals surface area contributed by atoms with Gasteiger partial charge in [-0.25, -0.2) is 4.79 Å². The van der Waals surface area contributed by atoms with Gasteiger partial charge in [-0.3, -0.25) is 0 Å². The molecule has 1 N–H and O–H groups in total. The summed E-state index contributed by atoms with van der Waals surface area (Å²) in [7, 11) is 0. The molecule has 0 saturated heterocycles. The van der Waals surface area contributed by atoms with Gasteiger partial charge in [0, 0.05) is 0 Å². The predicted molar refractivity (Wildman–Crippen MR) is 57.8 cm³/mol. The van der Waals surface area contributed by atoms with E-state index in [1.165, 1.54) is 6.92 Å². The highest BCUT2D eigenvalue weighted by atomic mass is 16.5. The van der Waals surface area contributed by atoms with Crippen molar-refractivity contribution in [3.8, 4) is 0 Å². The Balaban J connectivity index is 2.69. The van der Waals surface area contributed by atoms with Crippen molar-refractivity contribution in [2.75, 3.05) is 0 Å². The van der Waals surface area contributed by atoms with Crippen LogP contribution in [0.1, 0.15) is 23.6 Å². The molecule has 0 heterocycles. The summed E-state index contributed by atoms with van der Waals surface area (Å²) in [6.45, 7) is 5.89. The Morgan fingerprint density at radius 1 is 1.40 bits per heavy atom. The zero-order chi connectivity index (χ0) is 11.4. The van der Waals surface area contributed by atoms with Crippen LogP contribution in [0.2, 0.25) is 0 Å². The molecule has 0 radical (unpaired) electrons. The SMILES string of the molecule is Cc1cccc(C)c1CO[C@@H](C)C(=O)O. The monoisotopic (exact) mass is 208 g/mol. The third-order valence-corrected chi connectivity index (χ3v) is 2.47. The third kappa shape index (κ3) is 3.06. The van der Waals surface area contributed by atoms with E-state index >= 15 is 0 Å². The first-order chi connectivity index (χ1) is 7.02. The van der Waals surface area contributed by atoms with Crippen LogP contribution < -0.4 is 0 Å². The summed E-state index contributed by atoms with van der Waals surface area (Å²) in [6, 6.07) is 5.98. The maximum absolute atomic E-state index is 10.6. The van der Waals surface area contributed by atoms with Gasteiger partial charge in [0.15, 0.2) is 6.10 Å². The second kappa shape index (κ2) is 4.94. The van der Waals surface area contributed by atoms with Crippen LogP contribution >= 0.6 is 0 Å². The van der Waals surface area contributed by atoms with Crippen LogP contribution in [0.5, 0.6) is 0 Å². The molecule has 0 aliphatic carbocycles. The molecule has 0 amide bonds. The van der Waals surface area contributed by atoms with E-state index in [4.69, 9.17) is 9.84 Å². The number of aliphatic carboxylic acids is 1. The molecular weight excluding hydrogens is 192 g/mol. The molecule has 3 nitrogen and oxygen atoms in total. The van der Waals surface area contributed by atoms with Gasteiger partial charge >= 0.3 is 5.97 Å². The van der Waals surface area contributed by atoms with Gasteiger partial charge in [0.2, 0.25) is 0 Å². The molecule has 0 spiro atoms. The van der Waals surface area contributed by atoms with Crippen molar-refractivity contribution in [3.63, 3.8) is 0 Å². The van der Waals surface area contributed by atoms with Crippen molar-refractivity contribution >= 4 is 5.97 Å². The Bertz CT molecular complexity index is 338. The van der Waals surface area contributed by atoms with E-state index in [1.807, 2.05) is 32.0 Å². The molecule has 15 heavy (non-hydrogen) atoms. The van der Waals surface area contributed by atoms with Gasteiger partial charge in [0.05, 0.1) is 6.61 Å². The lowest BCUT2D eigenvalue weighted by Gasteiger charge is -2.12. The zero-order valence-electron chi connectivity index (χ0n) is 9.28. The molecule has 1 atom stereocenters. The third-order valence-electron chi connectivity index (χ3n) is 2.47. The number of hydrogen-bond acceptors (Lipinski definition) is 2. The second-order valence-electron chi connectivity index (χ2n) is 3.66. The average Bonchev–Trinajstić information content (AvgIpc) is 2.16. The van der Waals surface area contributed by atoms with Gasteiger partial charge in [-0.05, 0) is 37.5 Å². The van der Waals surface area contributed by atoms with Crippen molar-refractivity contribution in [1.82, 2.24) is 0 Å². The molecule has 1 aromatic carbocycles. The summed E-state index contributed by atoms with van der Waals surface area (Å²) in [5.74, 6) is -0.929. The molecule has 1 rings (SSSR count). The van der Waals surface area contributed by atoms with Crippen LogP contribution in [0, 0.1) is 13.8 Å². The molecule has 3 heteroatoms. The first kappa shape index (κ1) is 11.7. The number of aryl methyl sites for hydroxylation is 2. The highest BCUT2D eigenvalue weighted by molar-refractivity contribution is 5.71. The fraction of sp³-hybridized carbons (Fsp3) is 0.417. The van der Waals surface area contributed by atoms with Crippen LogP contribution in [0.15, 0.2) is 18.2 Å². The summed E-state index contributed by atoms with van der Waals surface area (Å²) in [5.41, 5.74) is 3.34. The summed E-state index contributed by atoms with van der Waals surface area (Å²) in [6.07, 6.45) is -0.760. The minimum atomic E-state index is -0.929. The molecule has 0 aliphatic heterocycles. The largest absolute Gasteiger partial charge is 0.479 e. The molecule has 0 unspecified atom stereocenters. The molecule has 0 aliphatic rings. The van der Waals surface area contributed by atoms with Crippen LogP contribution in [0.3, 0.4) is 0 Å². The maximum atomic E-state index is 10.6. The standard InChI is InChI=1S/C12H16O3/c1-8-5-4-6-9(2)11(8)7-15-10(3)12(13)14/h4-6,10H,7H2,1-3H3,(H,13,14)/t10-/m0/s1. The minimum Gasteiger partial charge on any atom is -0.479 e. The summed E-state index contributed by atoms with van der Waals surface area (Å²) in [5, 5.41) is 8.67. The lowest BCUT2D eigenvalue weighted by Crippen LogP contribution is -2.20. The fourth-order valence-electron chi connectivity index (χ4n) is 1.36. The van der Waals surface area contributed by atoms with E-state index in [0.29, 0.717) is 6.61 Å². The number of carboxylic acid groups (broad SMARTS) is 1. The van der Waals surface area contributed by atoms with Crippen molar-refractivity contribution in [3.05, 3.63) is 34.9 Å². The molecule has 0 fully saturated rings. The summed E-state index contributed by atoms with van der Waals surface area (Å²) in [4.78, 5) is 10.6. The van der Waals surface area contributed by atoms with Crippen molar-refractivity contribution < 1.29 is 14.6 Å². The lowest BCUT2D eigenvalue weighted by atomic mass is 10.0. The Hall–Kier alpha value is -1.35. The van der Waals surface area contributed by atoms with Crippen molar-refractivity contribution in [2.24, 2.45) is 0 Å². The average molecular weight is 208 g/mol. The first-order valence-electron chi connectivity index (χ1n) is 4.92. The summed E-state index contributed by atoms with van der Waals surface area (Å²) >= 11 is 0. The number of rotatable bonds is 4. The van der Waals surface area contributed by atoms with Gasteiger partial charge in [-0.1, -0.05) is 18.2 Å². The molecule has 82 valence electrons.